The third-order valence-corrected chi connectivity index (χ3v) is 5.54. The predicted octanol–water partition coefficient (Wildman–Crippen LogP) is 3.15. The monoisotopic (exact) mass is 403 g/mol. The van der Waals surface area contributed by atoms with Gasteiger partial charge in [-0.2, -0.15) is 0 Å². The third kappa shape index (κ3) is 7.61. The number of hydrogen-bond donors (Lipinski definition) is 2. The van der Waals surface area contributed by atoms with Gasteiger partial charge in [0.15, 0.2) is 5.96 Å². The highest BCUT2D eigenvalue weighted by atomic mass is 16.5. The Morgan fingerprint density at radius 1 is 1.17 bits per heavy atom. The molecule has 3 rings (SSSR count). The Bertz CT molecular complexity index is 590. The van der Waals surface area contributed by atoms with Crippen LogP contribution in [0.4, 0.5) is 0 Å². The first-order chi connectivity index (χ1) is 14.4. The van der Waals surface area contributed by atoms with Gasteiger partial charge in [-0.1, -0.05) is 30.3 Å². The molecule has 1 aromatic rings. The highest BCUT2D eigenvalue weighted by Gasteiger charge is 2.27. The van der Waals surface area contributed by atoms with Crippen LogP contribution >= 0.6 is 0 Å². The summed E-state index contributed by atoms with van der Waals surface area (Å²) in [4.78, 5) is 4.85. The van der Waals surface area contributed by atoms with Crippen molar-refractivity contribution in [1.29, 1.82) is 0 Å². The highest BCUT2D eigenvalue weighted by molar-refractivity contribution is 5.79. The molecule has 2 aliphatic rings. The first-order valence-corrected chi connectivity index (χ1v) is 11.2. The van der Waals surface area contributed by atoms with Crippen LogP contribution in [0, 0.1) is 11.8 Å². The Hall–Kier alpha value is -1.63. The molecule has 0 aromatic heterocycles. The van der Waals surface area contributed by atoms with Gasteiger partial charge >= 0.3 is 0 Å². The molecule has 2 saturated heterocycles. The van der Waals surface area contributed by atoms with Gasteiger partial charge in [-0.05, 0) is 38.2 Å². The van der Waals surface area contributed by atoms with Crippen molar-refractivity contribution in [2.45, 2.75) is 38.7 Å². The van der Waals surface area contributed by atoms with Crippen molar-refractivity contribution in [1.82, 2.24) is 10.6 Å². The van der Waals surface area contributed by atoms with Crippen LogP contribution in [0.2, 0.25) is 0 Å². The molecule has 2 heterocycles. The lowest BCUT2D eigenvalue weighted by Gasteiger charge is -2.31. The number of ether oxygens (including phenoxy) is 3. The normalized spacial score (nSPS) is 25.1. The van der Waals surface area contributed by atoms with Gasteiger partial charge < -0.3 is 24.8 Å². The van der Waals surface area contributed by atoms with E-state index in [1.165, 1.54) is 5.56 Å². The predicted molar refractivity (Wildman–Crippen MR) is 116 cm³/mol. The van der Waals surface area contributed by atoms with Gasteiger partial charge in [-0.3, -0.25) is 4.99 Å². The number of benzene rings is 1. The molecule has 3 atom stereocenters. The molecule has 2 aliphatic heterocycles. The molecule has 0 bridgehead atoms. The topological polar surface area (TPSA) is 64.1 Å². The molecule has 0 radical (unpaired) electrons. The molecule has 0 aliphatic carbocycles. The molecule has 3 unspecified atom stereocenters. The van der Waals surface area contributed by atoms with Crippen LogP contribution in [0.3, 0.4) is 0 Å². The molecule has 6 nitrogen and oxygen atoms in total. The van der Waals surface area contributed by atoms with Crippen LogP contribution < -0.4 is 10.6 Å². The largest absolute Gasteiger partial charge is 0.381 e. The lowest BCUT2D eigenvalue weighted by atomic mass is 9.89. The number of nitrogens with zero attached hydrogens (tertiary/aromatic N) is 1. The molecule has 162 valence electrons. The van der Waals surface area contributed by atoms with Crippen molar-refractivity contribution < 1.29 is 14.2 Å². The number of rotatable bonds is 10. The van der Waals surface area contributed by atoms with E-state index in [-0.39, 0.29) is 6.10 Å². The van der Waals surface area contributed by atoms with E-state index in [1.807, 2.05) is 0 Å². The molecule has 2 fully saturated rings. The van der Waals surface area contributed by atoms with Crippen molar-refractivity contribution in [2.75, 3.05) is 52.7 Å². The quantitative estimate of drug-likeness (QED) is 0.357. The minimum atomic E-state index is 0.143. The SMILES string of the molecule is CCNC(=NCC1CCCOC1c1ccccc1)NCCCOCC1CCOC1. The summed E-state index contributed by atoms with van der Waals surface area (Å²) in [7, 11) is 0. The Morgan fingerprint density at radius 3 is 2.86 bits per heavy atom. The summed E-state index contributed by atoms with van der Waals surface area (Å²) in [5.41, 5.74) is 1.26. The van der Waals surface area contributed by atoms with Crippen molar-refractivity contribution in [3.05, 3.63) is 35.9 Å². The first-order valence-electron chi connectivity index (χ1n) is 11.2. The van der Waals surface area contributed by atoms with Gasteiger partial charge in [-0.15, -0.1) is 0 Å². The molecule has 2 N–H and O–H groups in total. The zero-order valence-corrected chi connectivity index (χ0v) is 17.8. The zero-order chi connectivity index (χ0) is 20.2. The Kier molecular flexibility index (Phi) is 9.76. The third-order valence-electron chi connectivity index (χ3n) is 5.54. The number of guanidine groups is 1. The van der Waals surface area contributed by atoms with E-state index in [4.69, 9.17) is 19.2 Å². The maximum absolute atomic E-state index is 6.10. The average molecular weight is 404 g/mol. The molecule has 1 aromatic carbocycles. The fourth-order valence-electron chi connectivity index (χ4n) is 3.94. The molecule has 6 heteroatoms. The van der Waals surface area contributed by atoms with E-state index in [0.29, 0.717) is 11.8 Å². The van der Waals surface area contributed by atoms with Crippen molar-refractivity contribution >= 4 is 5.96 Å². The van der Waals surface area contributed by atoms with E-state index < -0.39 is 0 Å². The van der Waals surface area contributed by atoms with E-state index in [0.717, 1.165) is 84.3 Å². The van der Waals surface area contributed by atoms with Gasteiger partial charge in [-0.25, -0.2) is 0 Å². The van der Waals surface area contributed by atoms with E-state index in [9.17, 15) is 0 Å². The lowest BCUT2D eigenvalue weighted by Crippen LogP contribution is -2.39. The minimum Gasteiger partial charge on any atom is -0.381 e. The second-order valence-electron chi connectivity index (χ2n) is 7.91. The average Bonchev–Trinajstić information content (AvgIpc) is 3.29. The van der Waals surface area contributed by atoms with Crippen LogP contribution in [0.15, 0.2) is 35.3 Å². The highest BCUT2D eigenvalue weighted by Crippen LogP contribution is 2.33. The van der Waals surface area contributed by atoms with Crippen LogP contribution in [-0.2, 0) is 14.2 Å². The second kappa shape index (κ2) is 12.8. The molecule has 29 heavy (non-hydrogen) atoms. The Morgan fingerprint density at radius 2 is 2.07 bits per heavy atom. The lowest BCUT2D eigenvalue weighted by molar-refractivity contribution is -0.0250. The van der Waals surface area contributed by atoms with E-state index in [2.05, 4.69) is 47.9 Å². The van der Waals surface area contributed by atoms with Crippen molar-refractivity contribution in [3.8, 4) is 0 Å². The van der Waals surface area contributed by atoms with Gasteiger partial charge in [0, 0.05) is 51.3 Å². The van der Waals surface area contributed by atoms with Crippen LogP contribution in [0.25, 0.3) is 0 Å². The standard InChI is InChI=1S/C23H37N3O3/c1-2-24-23(25-12-7-13-27-17-19-11-15-28-18-19)26-16-21-10-6-14-29-22(21)20-8-4-3-5-9-20/h3-5,8-9,19,21-22H,2,6-7,10-18H2,1H3,(H2,24,25,26). The summed E-state index contributed by atoms with van der Waals surface area (Å²) >= 11 is 0. The molecular weight excluding hydrogens is 366 g/mol. The fourth-order valence-corrected chi connectivity index (χ4v) is 3.94. The fraction of sp³-hybridized carbons (Fsp3) is 0.696. The van der Waals surface area contributed by atoms with Gasteiger partial charge in [0.05, 0.1) is 19.3 Å². The van der Waals surface area contributed by atoms with Crippen molar-refractivity contribution in [2.24, 2.45) is 16.8 Å². The number of hydrogen-bond acceptors (Lipinski definition) is 4. The summed E-state index contributed by atoms with van der Waals surface area (Å²) < 4.78 is 17.3. The Balaban J connectivity index is 1.41. The summed E-state index contributed by atoms with van der Waals surface area (Å²) in [6, 6.07) is 10.5. The van der Waals surface area contributed by atoms with E-state index in [1.54, 1.807) is 0 Å². The summed E-state index contributed by atoms with van der Waals surface area (Å²) in [5, 5.41) is 6.79. The number of aliphatic imine (C=N–C) groups is 1. The van der Waals surface area contributed by atoms with Gasteiger partial charge in [0.2, 0.25) is 0 Å². The smallest absolute Gasteiger partial charge is 0.191 e. The minimum absolute atomic E-state index is 0.143. The molecule has 0 amide bonds. The number of nitrogens with one attached hydrogen (secondary N) is 2. The molecule has 0 saturated carbocycles. The summed E-state index contributed by atoms with van der Waals surface area (Å²) in [6.07, 6.45) is 4.50. The maximum Gasteiger partial charge on any atom is 0.191 e. The zero-order valence-electron chi connectivity index (χ0n) is 17.8. The van der Waals surface area contributed by atoms with E-state index >= 15 is 0 Å². The molecular formula is C23H37N3O3. The van der Waals surface area contributed by atoms with Crippen LogP contribution in [0.1, 0.15) is 44.3 Å². The van der Waals surface area contributed by atoms with Gasteiger partial charge in [0.25, 0.3) is 0 Å². The van der Waals surface area contributed by atoms with Crippen molar-refractivity contribution in [3.63, 3.8) is 0 Å². The summed E-state index contributed by atoms with van der Waals surface area (Å²) in [5.74, 6) is 1.88. The maximum atomic E-state index is 6.10. The van der Waals surface area contributed by atoms with Crippen LogP contribution in [-0.4, -0.2) is 58.6 Å². The summed E-state index contributed by atoms with van der Waals surface area (Å²) in [6.45, 7) is 8.74. The molecule has 0 spiro atoms. The van der Waals surface area contributed by atoms with Crippen LogP contribution in [0.5, 0.6) is 0 Å². The van der Waals surface area contributed by atoms with Gasteiger partial charge in [0.1, 0.15) is 0 Å². The Labute approximate surface area is 175 Å². The second-order valence-corrected chi connectivity index (χ2v) is 7.91. The first kappa shape index (κ1) is 22.1.